The summed E-state index contributed by atoms with van der Waals surface area (Å²) < 4.78 is 6.10. The number of pyridine rings is 1. The van der Waals surface area contributed by atoms with Gasteiger partial charge in [0.25, 0.3) is 0 Å². The molecule has 0 atom stereocenters. The Morgan fingerprint density at radius 2 is 1.62 bits per heavy atom. The molecule has 4 aromatic rings. The van der Waals surface area contributed by atoms with E-state index in [1.54, 1.807) is 0 Å². The van der Waals surface area contributed by atoms with Gasteiger partial charge >= 0.3 is 0 Å². The largest absolute Gasteiger partial charge is 0.491 e. The summed E-state index contributed by atoms with van der Waals surface area (Å²) in [5, 5.41) is 3.50. The van der Waals surface area contributed by atoms with Crippen LogP contribution in [0.25, 0.3) is 32.9 Å². The van der Waals surface area contributed by atoms with Gasteiger partial charge in [0.1, 0.15) is 12.4 Å². The number of ether oxygens (including phenoxy) is 1. The third-order valence-corrected chi connectivity index (χ3v) is 4.52. The molecule has 0 bridgehead atoms. The maximum absolute atomic E-state index is 6.10. The van der Waals surface area contributed by atoms with Crippen LogP contribution in [0.3, 0.4) is 0 Å². The minimum atomic E-state index is 0.651. The summed E-state index contributed by atoms with van der Waals surface area (Å²) in [5.41, 5.74) is 3.00. The van der Waals surface area contributed by atoms with Crippen molar-refractivity contribution in [2.75, 3.05) is 27.2 Å². The van der Waals surface area contributed by atoms with E-state index in [-0.39, 0.29) is 0 Å². The van der Waals surface area contributed by atoms with Crippen molar-refractivity contribution >= 4 is 21.7 Å². The zero-order chi connectivity index (χ0) is 17.9. The molecule has 1 aromatic heterocycles. The Bertz CT molecular complexity index is 1060. The molecule has 130 valence electrons. The number of benzene rings is 3. The molecule has 0 saturated carbocycles. The van der Waals surface area contributed by atoms with E-state index in [4.69, 9.17) is 9.72 Å². The highest BCUT2D eigenvalue weighted by Gasteiger charge is 2.09. The molecule has 1 heterocycles. The highest BCUT2D eigenvalue weighted by Crippen LogP contribution is 2.31. The molecular formula is C23H22N2O. The van der Waals surface area contributed by atoms with Gasteiger partial charge in [0.05, 0.1) is 11.2 Å². The monoisotopic (exact) mass is 342 g/mol. The number of likely N-dealkylation sites (N-methyl/N-ethyl adjacent to an activating group) is 1. The van der Waals surface area contributed by atoms with Crippen LogP contribution < -0.4 is 4.74 Å². The lowest BCUT2D eigenvalue weighted by atomic mass is 10.0. The van der Waals surface area contributed by atoms with Crippen LogP contribution in [0.1, 0.15) is 0 Å². The van der Waals surface area contributed by atoms with Crippen LogP contribution >= 0.6 is 0 Å². The van der Waals surface area contributed by atoms with Crippen LogP contribution in [0, 0.1) is 0 Å². The second kappa shape index (κ2) is 7.14. The van der Waals surface area contributed by atoms with E-state index in [1.165, 1.54) is 10.8 Å². The molecular weight excluding hydrogens is 320 g/mol. The number of rotatable bonds is 5. The van der Waals surface area contributed by atoms with Gasteiger partial charge in [-0.15, -0.1) is 0 Å². The number of hydrogen-bond acceptors (Lipinski definition) is 3. The van der Waals surface area contributed by atoms with Gasteiger partial charge in [0.2, 0.25) is 0 Å². The maximum Gasteiger partial charge on any atom is 0.130 e. The Balaban J connectivity index is 1.78. The van der Waals surface area contributed by atoms with E-state index in [1.807, 2.05) is 18.2 Å². The Kier molecular flexibility index (Phi) is 4.55. The Hall–Kier alpha value is -2.91. The minimum Gasteiger partial charge on any atom is -0.491 e. The van der Waals surface area contributed by atoms with E-state index in [9.17, 15) is 0 Å². The number of para-hydroxylation sites is 1. The quantitative estimate of drug-likeness (QED) is 0.510. The van der Waals surface area contributed by atoms with Gasteiger partial charge in [-0.1, -0.05) is 48.5 Å². The van der Waals surface area contributed by atoms with Crippen molar-refractivity contribution in [1.29, 1.82) is 0 Å². The normalized spacial score (nSPS) is 11.3. The van der Waals surface area contributed by atoms with Crippen LogP contribution in [-0.4, -0.2) is 37.1 Å². The van der Waals surface area contributed by atoms with E-state index in [0.29, 0.717) is 6.61 Å². The highest BCUT2D eigenvalue weighted by atomic mass is 16.5. The lowest BCUT2D eigenvalue weighted by Crippen LogP contribution is -2.19. The number of aromatic nitrogens is 1. The van der Waals surface area contributed by atoms with E-state index >= 15 is 0 Å². The molecule has 0 saturated heterocycles. The minimum absolute atomic E-state index is 0.651. The molecule has 26 heavy (non-hydrogen) atoms. The zero-order valence-corrected chi connectivity index (χ0v) is 15.1. The van der Waals surface area contributed by atoms with Crippen molar-refractivity contribution in [2.24, 2.45) is 0 Å². The molecule has 0 aliphatic rings. The van der Waals surface area contributed by atoms with Gasteiger partial charge < -0.3 is 9.64 Å². The smallest absolute Gasteiger partial charge is 0.130 e. The van der Waals surface area contributed by atoms with Crippen LogP contribution in [0.2, 0.25) is 0 Å². The molecule has 0 fully saturated rings. The Morgan fingerprint density at radius 3 is 2.46 bits per heavy atom. The summed E-state index contributed by atoms with van der Waals surface area (Å²) in [4.78, 5) is 6.98. The number of nitrogens with zero attached hydrogens (tertiary/aromatic N) is 2. The predicted molar refractivity (Wildman–Crippen MR) is 109 cm³/mol. The highest BCUT2D eigenvalue weighted by molar-refractivity contribution is 5.90. The van der Waals surface area contributed by atoms with Crippen molar-refractivity contribution in [3.63, 3.8) is 0 Å². The Labute approximate surface area is 153 Å². The summed E-state index contributed by atoms with van der Waals surface area (Å²) in [6, 6.07) is 25.1. The predicted octanol–water partition coefficient (Wildman–Crippen LogP) is 5.00. The molecule has 0 N–H and O–H groups in total. The summed E-state index contributed by atoms with van der Waals surface area (Å²) in [5.74, 6) is 0.889. The van der Waals surface area contributed by atoms with Gasteiger partial charge in [-0.2, -0.15) is 0 Å². The third-order valence-electron chi connectivity index (χ3n) is 4.52. The van der Waals surface area contributed by atoms with Crippen molar-refractivity contribution < 1.29 is 4.74 Å². The Morgan fingerprint density at radius 1 is 0.846 bits per heavy atom. The fourth-order valence-electron chi connectivity index (χ4n) is 3.10. The topological polar surface area (TPSA) is 25.4 Å². The maximum atomic E-state index is 6.10. The first-order valence-corrected chi connectivity index (χ1v) is 8.87. The fourth-order valence-corrected chi connectivity index (χ4v) is 3.10. The SMILES string of the molecule is CN(C)CCOc1cc(-c2ccc3ccccc3c2)nc2ccccc12. The molecule has 0 amide bonds. The molecule has 4 rings (SSSR count). The molecule has 0 aliphatic heterocycles. The van der Waals surface area contributed by atoms with Crippen molar-refractivity contribution in [2.45, 2.75) is 0 Å². The third kappa shape index (κ3) is 3.39. The number of hydrogen-bond donors (Lipinski definition) is 0. The summed E-state index contributed by atoms with van der Waals surface area (Å²) >= 11 is 0. The molecule has 3 heteroatoms. The van der Waals surface area contributed by atoms with Gasteiger partial charge in [-0.05, 0) is 43.1 Å². The van der Waals surface area contributed by atoms with E-state index in [2.05, 4.69) is 73.6 Å². The first-order valence-electron chi connectivity index (χ1n) is 8.87. The van der Waals surface area contributed by atoms with Crippen LogP contribution in [-0.2, 0) is 0 Å². The van der Waals surface area contributed by atoms with Crippen molar-refractivity contribution in [1.82, 2.24) is 9.88 Å². The lowest BCUT2D eigenvalue weighted by Gasteiger charge is -2.14. The second-order valence-electron chi connectivity index (χ2n) is 6.74. The molecule has 0 aliphatic carbocycles. The molecule has 0 spiro atoms. The second-order valence-corrected chi connectivity index (χ2v) is 6.74. The number of fused-ring (bicyclic) bond motifs is 2. The van der Waals surface area contributed by atoms with Gasteiger partial charge in [0.15, 0.2) is 0 Å². The van der Waals surface area contributed by atoms with E-state index in [0.717, 1.165) is 34.5 Å². The molecule has 0 radical (unpaired) electrons. The van der Waals surface area contributed by atoms with E-state index < -0.39 is 0 Å². The first kappa shape index (κ1) is 16.6. The van der Waals surface area contributed by atoms with Crippen molar-refractivity contribution in [3.05, 3.63) is 72.8 Å². The van der Waals surface area contributed by atoms with Crippen LogP contribution in [0.5, 0.6) is 5.75 Å². The van der Waals surface area contributed by atoms with Gasteiger partial charge in [-0.25, -0.2) is 4.98 Å². The van der Waals surface area contributed by atoms with Crippen LogP contribution in [0.15, 0.2) is 72.8 Å². The molecule has 3 nitrogen and oxygen atoms in total. The summed E-state index contributed by atoms with van der Waals surface area (Å²) in [6.07, 6.45) is 0. The summed E-state index contributed by atoms with van der Waals surface area (Å²) in [6.45, 7) is 1.53. The van der Waals surface area contributed by atoms with Crippen LogP contribution in [0.4, 0.5) is 0 Å². The standard InChI is InChI=1S/C23H22N2O/c1-25(2)13-14-26-23-16-22(24-21-10-6-5-9-20(21)23)19-12-11-17-7-3-4-8-18(17)15-19/h3-12,15-16H,13-14H2,1-2H3. The van der Waals surface area contributed by atoms with Gasteiger partial charge in [0, 0.05) is 23.6 Å². The molecule has 0 unspecified atom stereocenters. The van der Waals surface area contributed by atoms with Crippen molar-refractivity contribution in [3.8, 4) is 17.0 Å². The first-order chi connectivity index (χ1) is 12.7. The lowest BCUT2D eigenvalue weighted by molar-refractivity contribution is 0.263. The summed E-state index contributed by atoms with van der Waals surface area (Å²) in [7, 11) is 4.10. The average Bonchev–Trinajstić information content (AvgIpc) is 2.67. The zero-order valence-electron chi connectivity index (χ0n) is 15.1. The average molecular weight is 342 g/mol. The molecule has 3 aromatic carbocycles. The fraction of sp³-hybridized carbons (Fsp3) is 0.174. The van der Waals surface area contributed by atoms with Gasteiger partial charge in [-0.3, -0.25) is 0 Å².